The third-order valence-electron chi connectivity index (χ3n) is 5.70. The number of fused-ring (bicyclic) bond motifs is 1. The van der Waals surface area contributed by atoms with E-state index in [2.05, 4.69) is 17.1 Å². The molecule has 138 valence electrons. The molecule has 1 aliphatic carbocycles. The molecule has 2 aromatic heterocycles. The Morgan fingerprint density at radius 2 is 1.86 bits per heavy atom. The van der Waals surface area contributed by atoms with Crippen molar-refractivity contribution in [3.8, 4) is 16.9 Å². The monoisotopic (exact) mass is 368 g/mol. The summed E-state index contributed by atoms with van der Waals surface area (Å²) in [5, 5.41) is 11.0. The smallest absolute Gasteiger partial charge is 0.337 e. The van der Waals surface area contributed by atoms with Crippen molar-refractivity contribution in [2.75, 3.05) is 0 Å². The maximum atomic E-state index is 12.2. The van der Waals surface area contributed by atoms with E-state index in [1.807, 2.05) is 53.1 Å². The Kier molecular flexibility index (Phi) is 3.97. The van der Waals surface area contributed by atoms with Crippen LogP contribution in [0.5, 0.6) is 0 Å². The molecule has 0 bridgehead atoms. The van der Waals surface area contributed by atoms with Crippen LogP contribution in [0.25, 0.3) is 27.8 Å². The zero-order chi connectivity index (χ0) is 19.1. The molecule has 1 N–H and O–H groups in total. The fraction of sp³-hybridized carbons (Fsp3) is 0.167. The summed E-state index contributed by atoms with van der Waals surface area (Å²) in [4.78, 5) is 16.5. The molecule has 0 spiro atoms. The Hall–Kier alpha value is -3.40. The van der Waals surface area contributed by atoms with Gasteiger partial charge in [0.25, 0.3) is 0 Å². The second-order valence-corrected chi connectivity index (χ2v) is 7.38. The van der Waals surface area contributed by atoms with Crippen molar-refractivity contribution in [2.24, 2.45) is 0 Å². The maximum absolute atomic E-state index is 12.2. The third-order valence-corrected chi connectivity index (χ3v) is 5.70. The minimum absolute atomic E-state index is 0.352. The lowest BCUT2D eigenvalue weighted by atomic mass is 9.79. The highest BCUT2D eigenvalue weighted by atomic mass is 16.4. The number of rotatable bonds is 4. The van der Waals surface area contributed by atoms with Crippen molar-refractivity contribution in [3.63, 3.8) is 0 Å². The molecule has 4 heteroatoms. The zero-order valence-electron chi connectivity index (χ0n) is 15.4. The molecule has 0 aliphatic heterocycles. The molecule has 4 aromatic rings. The number of pyridine rings is 1. The average molecular weight is 368 g/mol. The molecule has 2 heterocycles. The first-order valence-electron chi connectivity index (χ1n) is 9.61. The largest absolute Gasteiger partial charge is 0.478 e. The summed E-state index contributed by atoms with van der Waals surface area (Å²) in [5.41, 5.74) is 5.09. The highest BCUT2D eigenvalue weighted by Gasteiger charge is 2.25. The lowest BCUT2D eigenvalue weighted by molar-refractivity contribution is 0.0698. The van der Waals surface area contributed by atoms with Crippen LogP contribution >= 0.6 is 0 Å². The first-order valence-corrected chi connectivity index (χ1v) is 9.61. The summed E-state index contributed by atoms with van der Waals surface area (Å²) in [7, 11) is 0. The van der Waals surface area contributed by atoms with E-state index in [-0.39, 0.29) is 0 Å². The molecule has 0 radical (unpaired) electrons. The van der Waals surface area contributed by atoms with Crippen LogP contribution in [0, 0.1) is 0 Å². The molecule has 4 nitrogen and oxygen atoms in total. The normalized spacial score (nSPS) is 14.1. The van der Waals surface area contributed by atoms with Gasteiger partial charge in [-0.1, -0.05) is 36.8 Å². The zero-order valence-corrected chi connectivity index (χ0v) is 15.4. The van der Waals surface area contributed by atoms with Crippen LogP contribution in [-0.4, -0.2) is 20.6 Å². The van der Waals surface area contributed by atoms with Crippen LogP contribution < -0.4 is 0 Å². The second-order valence-electron chi connectivity index (χ2n) is 7.38. The van der Waals surface area contributed by atoms with Gasteiger partial charge in [0.05, 0.1) is 28.7 Å². The van der Waals surface area contributed by atoms with Crippen LogP contribution in [0.15, 0.2) is 73.1 Å². The predicted molar refractivity (Wildman–Crippen MR) is 110 cm³/mol. The number of benzene rings is 2. The first-order chi connectivity index (χ1) is 13.7. The highest BCUT2D eigenvalue weighted by Crippen LogP contribution is 2.40. The molecule has 0 unspecified atom stereocenters. The lowest BCUT2D eigenvalue weighted by Crippen LogP contribution is -2.11. The number of carbonyl (C=O) groups is 1. The molecule has 5 rings (SSSR count). The van der Waals surface area contributed by atoms with Gasteiger partial charge < -0.3 is 9.67 Å². The van der Waals surface area contributed by atoms with Crippen molar-refractivity contribution in [1.29, 1.82) is 0 Å². The van der Waals surface area contributed by atoms with Crippen molar-refractivity contribution < 1.29 is 9.90 Å². The number of nitrogens with zero attached hydrogens (tertiary/aromatic N) is 2. The minimum atomic E-state index is -0.894. The quantitative estimate of drug-likeness (QED) is 0.506. The average Bonchev–Trinajstić information content (AvgIpc) is 3.07. The molecular weight excluding hydrogens is 348 g/mol. The van der Waals surface area contributed by atoms with Crippen LogP contribution in [0.2, 0.25) is 0 Å². The second kappa shape index (κ2) is 6.64. The van der Waals surface area contributed by atoms with Gasteiger partial charge in [0.1, 0.15) is 0 Å². The summed E-state index contributed by atoms with van der Waals surface area (Å²) in [6, 6.07) is 20.1. The molecule has 1 fully saturated rings. The fourth-order valence-electron chi connectivity index (χ4n) is 4.09. The Balaban J connectivity index is 1.86. The van der Waals surface area contributed by atoms with E-state index in [4.69, 9.17) is 0 Å². The molecule has 0 atom stereocenters. The molecule has 2 aromatic carbocycles. The molecule has 28 heavy (non-hydrogen) atoms. The SMILES string of the molecule is O=C(O)c1cc(C2CCC2)cc2cc(-c3ccccc3)n(-c3cccnc3)c12. The van der Waals surface area contributed by atoms with Gasteiger partial charge in [-0.05, 0) is 60.2 Å². The van der Waals surface area contributed by atoms with E-state index < -0.39 is 5.97 Å². The van der Waals surface area contributed by atoms with Gasteiger partial charge in [-0.2, -0.15) is 0 Å². The number of carboxylic acids is 1. The van der Waals surface area contributed by atoms with E-state index in [1.165, 1.54) is 6.42 Å². The standard InChI is InChI=1S/C24H20N2O2/c27-24(28)21-13-18(16-8-4-9-16)12-19-14-22(17-6-2-1-3-7-17)26(23(19)21)20-10-5-11-25-15-20/h1-3,5-7,10-16H,4,8-9H2,(H,27,28). The summed E-state index contributed by atoms with van der Waals surface area (Å²) < 4.78 is 2.02. The number of carboxylic acid groups (broad SMARTS) is 1. The Morgan fingerprint density at radius 1 is 1.04 bits per heavy atom. The van der Waals surface area contributed by atoms with Gasteiger partial charge in [0.15, 0.2) is 0 Å². The lowest BCUT2D eigenvalue weighted by Gasteiger charge is -2.26. The highest BCUT2D eigenvalue weighted by molar-refractivity contribution is 6.05. The number of aromatic nitrogens is 2. The number of aromatic carboxylic acids is 1. The van der Waals surface area contributed by atoms with E-state index in [0.29, 0.717) is 11.5 Å². The van der Waals surface area contributed by atoms with Crippen LogP contribution in [0.1, 0.15) is 41.1 Å². The molecule has 0 saturated heterocycles. The number of hydrogen-bond acceptors (Lipinski definition) is 2. The Labute approximate surface area is 163 Å². The van der Waals surface area contributed by atoms with E-state index in [0.717, 1.165) is 46.3 Å². The van der Waals surface area contributed by atoms with Crippen molar-refractivity contribution in [3.05, 3.63) is 84.2 Å². The van der Waals surface area contributed by atoms with E-state index in [1.54, 1.807) is 12.4 Å². The minimum Gasteiger partial charge on any atom is -0.478 e. The number of hydrogen-bond donors (Lipinski definition) is 1. The third kappa shape index (κ3) is 2.69. The fourth-order valence-corrected chi connectivity index (χ4v) is 4.09. The van der Waals surface area contributed by atoms with Gasteiger partial charge in [-0.15, -0.1) is 0 Å². The van der Waals surface area contributed by atoms with Crippen LogP contribution in [0.4, 0.5) is 0 Å². The van der Waals surface area contributed by atoms with Gasteiger partial charge in [-0.3, -0.25) is 4.98 Å². The van der Waals surface area contributed by atoms with E-state index in [9.17, 15) is 9.90 Å². The topological polar surface area (TPSA) is 55.1 Å². The predicted octanol–water partition coefficient (Wildman–Crippen LogP) is 5.66. The van der Waals surface area contributed by atoms with E-state index >= 15 is 0 Å². The van der Waals surface area contributed by atoms with Crippen molar-refractivity contribution >= 4 is 16.9 Å². The van der Waals surface area contributed by atoms with Crippen LogP contribution in [-0.2, 0) is 0 Å². The summed E-state index contributed by atoms with van der Waals surface area (Å²) in [6.07, 6.45) is 7.00. The summed E-state index contributed by atoms with van der Waals surface area (Å²) >= 11 is 0. The Morgan fingerprint density at radius 3 is 2.50 bits per heavy atom. The molecule has 1 aliphatic rings. The van der Waals surface area contributed by atoms with Gasteiger partial charge in [0, 0.05) is 11.6 Å². The molecule has 1 saturated carbocycles. The van der Waals surface area contributed by atoms with Crippen molar-refractivity contribution in [2.45, 2.75) is 25.2 Å². The van der Waals surface area contributed by atoms with Crippen LogP contribution in [0.3, 0.4) is 0 Å². The van der Waals surface area contributed by atoms with Gasteiger partial charge in [0.2, 0.25) is 0 Å². The maximum Gasteiger partial charge on any atom is 0.337 e. The van der Waals surface area contributed by atoms with Gasteiger partial charge >= 0.3 is 5.97 Å². The summed E-state index contributed by atoms with van der Waals surface area (Å²) in [5.74, 6) is -0.418. The molecular formula is C24H20N2O2. The first kappa shape index (κ1) is 16.8. The van der Waals surface area contributed by atoms with Crippen molar-refractivity contribution in [1.82, 2.24) is 9.55 Å². The summed E-state index contributed by atoms with van der Waals surface area (Å²) in [6.45, 7) is 0. The Bertz CT molecular complexity index is 1160. The molecule has 0 amide bonds. The van der Waals surface area contributed by atoms with Gasteiger partial charge in [-0.25, -0.2) is 4.79 Å².